The molecule has 0 aromatic heterocycles. The van der Waals surface area contributed by atoms with Gasteiger partial charge in [-0.05, 0) is 30.7 Å². The Morgan fingerprint density at radius 3 is 2.31 bits per heavy atom. The number of hydrogen-bond acceptors (Lipinski definition) is 3. The number of carbonyl (C=O) groups is 1. The van der Waals surface area contributed by atoms with Gasteiger partial charge in [0.25, 0.3) is 5.91 Å². The van der Waals surface area contributed by atoms with Crippen molar-refractivity contribution in [2.45, 2.75) is 6.42 Å². The maximum absolute atomic E-state index is 12.2. The van der Waals surface area contributed by atoms with E-state index in [-0.39, 0.29) is 23.6 Å². The Labute approximate surface area is 198 Å². The van der Waals surface area contributed by atoms with Gasteiger partial charge in [-0.3, -0.25) is 4.79 Å². The Balaban J connectivity index is 1.82. The molecule has 0 saturated heterocycles. The van der Waals surface area contributed by atoms with Crippen molar-refractivity contribution in [2.75, 3.05) is 19.8 Å². The average molecular weight is 518 g/mol. The average Bonchev–Trinajstić information content (AvgIpc) is 2.64. The summed E-state index contributed by atoms with van der Waals surface area (Å²) in [5, 5.41) is 4.10. The number of rotatable bonds is 9. The fraction of sp³-hybridized carbons (Fsp3) is 0.211. The van der Waals surface area contributed by atoms with Crippen LogP contribution in [0.3, 0.4) is 0 Å². The number of benzene rings is 2. The van der Waals surface area contributed by atoms with Gasteiger partial charge in [-0.2, -0.15) is 0 Å². The summed E-state index contributed by atoms with van der Waals surface area (Å²) >= 11 is 35.3. The Morgan fingerprint density at radius 1 is 0.966 bits per heavy atom. The van der Waals surface area contributed by atoms with Gasteiger partial charge in [0.15, 0.2) is 5.75 Å². The van der Waals surface area contributed by atoms with Crippen LogP contribution in [0, 0.1) is 0 Å². The molecule has 2 rings (SSSR count). The predicted octanol–water partition coefficient (Wildman–Crippen LogP) is 7.20. The number of halogens is 6. The number of amides is 1. The van der Waals surface area contributed by atoms with Crippen LogP contribution in [-0.4, -0.2) is 25.7 Å². The molecule has 2 aromatic rings. The number of hydrogen-bond donors (Lipinski definition) is 1. The Bertz CT molecular complexity index is 877. The first-order valence-corrected chi connectivity index (χ1v) is 10.5. The second-order valence-corrected chi connectivity index (χ2v) is 8.27. The monoisotopic (exact) mass is 515 g/mol. The third kappa shape index (κ3) is 7.97. The van der Waals surface area contributed by atoms with E-state index in [1.54, 1.807) is 24.3 Å². The summed E-state index contributed by atoms with van der Waals surface area (Å²) in [6, 6.07) is 7.83. The maximum atomic E-state index is 12.2. The molecule has 0 aliphatic carbocycles. The van der Waals surface area contributed by atoms with Gasteiger partial charge in [-0.15, -0.1) is 0 Å². The molecule has 0 unspecified atom stereocenters. The van der Waals surface area contributed by atoms with Gasteiger partial charge in [0, 0.05) is 23.7 Å². The van der Waals surface area contributed by atoms with Crippen LogP contribution in [0.2, 0.25) is 20.1 Å². The van der Waals surface area contributed by atoms with Gasteiger partial charge >= 0.3 is 0 Å². The van der Waals surface area contributed by atoms with Crippen LogP contribution in [-0.2, 0) is 0 Å². The highest BCUT2D eigenvalue weighted by Gasteiger charge is 2.12. The zero-order valence-electron chi connectivity index (χ0n) is 14.8. The van der Waals surface area contributed by atoms with E-state index < -0.39 is 0 Å². The SMILES string of the molecule is O=C(NCCCOc1c(Cl)cc(OCC=C(Cl)Cl)cc1Cl)c1cc(Cl)ccc1Cl. The molecule has 0 heterocycles. The number of ether oxygens (including phenoxy) is 2. The molecule has 29 heavy (non-hydrogen) atoms. The molecule has 10 heteroatoms. The molecule has 2 aromatic carbocycles. The molecule has 0 aliphatic rings. The summed E-state index contributed by atoms with van der Waals surface area (Å²) < 4.78 is 11.2. The summed E-state index contributed by atoms with van der Waals surface area (Å²) in [6.07, 6.45) is 2.01. The molecule has 4 nitrogen and oxygen atoms in total. The first-order valence-electron chi connectivity index (χ1n) is 8.27. The van der Waals surface area contributed by atoms with Crippen LogP contribution >= 0.6 is 69.6 Å². The van der Waals surface area contributed by atoms with Crippen LogP contribution in [0.4, 0.5) is 0 Å². The minimum absolute atomic E-state index is 0.104. The molecule has 0 atom stereocenters. The van der Waals surface area contributed by atoms with Crippen molar-refractivity contribution in [1.82, 2.24) is 5.32 Å². The van der Waals surface area contributed by atoms with Gasteiger partial charge in [0.05, 0.1) is 27.2 Å². The van der Waals surface area contributed by atoms with E-state index in [0.717, 1.165) is 0 Å². The molecule has 1 N–H and O–H groups in total. The minimum Gasteiger partial charge on any atom is -0.490 e. The second-order valence-electron chi connectivity index (χ2n) is 5.60. The lowest BCUT2D eigenvalue weighted by molar-refractivity contribution is 0.0951. The van der Waals surface area contributed by atoms with Crippen LogP contribution in [0.15, 0.2) is 40.9 Å². The Hall–Kier alpha value is -1.01. The van der Waals surface area contributed by atoms with Gasteiger partial charge in [0.2, 0.25) is 0 Å². The highest BCUT2D eigenvalue weighted by Crippen LogP contribution is 2.37. The molecule has 1 amide bonds. The summed E-state index contributed by atoms with van der Waals surface area (Å²) in [5.41, 5.74) is 0.312. The Morgan fingerprint density at radius 2 is 1.66 bits per heavy atom. The van der Waals surface area contributed by atoms with Crippen molar-refractivity contribution < 1.29 is 14.3 Å². The van der Waals surface area contributed by atoms with Crippen molar-refractivity contribution in [3.63, 3.8) is 0 Å². The summed E-state index contributed by atoms with van der Waals surface area (Å²) in [4.78, 5) is 12.2. The highest BCUT2D eigenvalue weighted by molar-refractivity contribution is 6.55. The minimum atomic E-state index is -0.318. The van der Waals surface area contributed by atoms with Gasteiger partial charge in [-0.25, -0.2) is 0 Å². The van der Waals surface area contributed by atoms with Crippen molar-refractivity contribution in [3.8, 4) is 11.5 Å². The summed E-state index contributed by atoms with van der Waals surface area (Å²) in [6.45, 7) is 0.822. The summed E-state index contributed by atoms with van der Waals surface area (Å²) in [7, 11) is 0. The molecular formula is C19H15Cl6NO3. The zero-order valence-corrected chi connectivity index (χ0v) is 19.3. The first kappa shape index (κ1) is 24.3. The quantitative estimate of drug-likeness (QED) is 0.358. The number of nitrogens with one attached hydrogen (secondary N) is 1. The van der Waals surface area contributed by atoms with E-state index in [4.69, 9.17) is 79.1 Å². The standard InChI is InChI=1S/C19H15Cl6NO3/c20-11-2-3-14(21)13(8-11)19(27)26-5-1-6-29-18-15(22)9-12(10-16(18)23)28-7-4-17(24)25/h2-4,8-10H,1,5-7H2,(H,26,27). The van der Waals surface area contributed by atoms with Crippen LogP contribution in [0.25, 0.3) is 0 Å². The van der Waals surface area contributed by atoms with Crippen molar-refractivity contribution >= 4 is 75.5 Å². The Kier molecular flexibility index (Phi) is 10.0. The van der Waals surface area contributed by atoms with E-state index in [9.17, 15) is 4.79 Å². The van der Waals surface area contributed by atoms with E-state index in [1.807, 2.05) is 0 Å². The first-order chi connectivity index (χ1) is 13.8. The third-order valence-electron chi connectivity index (χ3n) is 3.49. The normalized spacial score (nSPS) is 10.4. The zero-order chi connectivity index (χ0) is 21.4. The largest absolute Gasteiger partial charge is 0.490 e. The van der Waals surface area contributed by atoms with Crippen LogP contribution in [0.5, 0.6) is 11.5 Å². The predicted molar refractivity (Wildman–Crippen MR) is 121 cm³/mol. The van der Waals surface area contributed by atoms with E-state index in [1.165, 1.54) is 12.1 Å². The molecule has 0 radical (unpaired) electrons. The third-order valence-corrected chi connectivity index (χ3v) is 4.92. The fourth-order valence-electron chi connectivity index (χ4n) is 2.17. The van der Waals surface area contributed by atoms with Crippen molar-refractivity contribution in [3.05, 3.63) is 66.6 Å². The highest BCUT2D eigenvalue weighted by atomic mass is 35.5. The van der Waals surface area contributed by atoms with E-state index in [2.05, 4.69) is 5.32 Å². The molecular weight excluding hydrogens is 503 g/mol. The molecule has 156 valence electrons. The fourth-order valence-corrected chi connectivity index (χ4v) is 3.25. The molecule has 0 bridgehead atoms. The van der Waals surface area contributed by atoms with E-state index >= 15 is 0 Å². The second kappa shape index (κ2) is 12.0. The topological polar surface area (TPSA) is 47.6 Å². The van der Waals surface area contributed by atoms with Gasteiger partial charge in [-0.1, -0.05) is 69.6 Å². The lowest BCUT2D eigenvalue weighted by atomic mass is 10.2. The summed E-state index contributed by atoms with van der Waals surface area (Å²) in [5.74, 6) is 0.459. The van der Waals surface area contributed by atoms with Crippen molar-refractivity contribution in [2.24, 2.45) is 0 Å². The van der Waals surface area contributed by atoms with E-state index in [0.29, 0.717) is 50.1 Å². The molecule has 0 aliphatic heterocycles. The number of carbonyl (C=O) groups excluding carboxylic acids is 1. The van der Waals surface area contributed by atoms with Gasteiger partial charge < -0.3 is 14.8 Å². The van der Waals surface area contributed by atoms with Gasteiger partial charge in [0.1, 0.15) is 16.8 Å². The molecule has 0 saturated carbocycles. The van der Waals surface area contributed by atoms with Crippen LogP contribution in [0.1, 0.15) is 16.8 Å². The lowest BCUT2D eigenvalue weighted by Gasteiger charge is -2.12. The molecule has 0 spiro atoms. The smallest absolute Gasteiger partial charge is 0.252 e. The molecule has 0 fully saturated rings. The lowest BCUT2D eigenvalue weighted by Crippen LogP contribution is -2.25. The van der Waals surface area contributed by atoms with Crippen LogP contribution < -0.4 is 14.8 Å². The van der Waals surface area contributed by atoms with Crippen molar-refractivity contribution in [1.29, 1.82) is 0 Å². The maximum Gasteiger partial charge on any atom is 0.252 e.